The van der Waals surface area contributed by atoms with Crippen LogP contribution in [-0.4, -0.2) is 49.1 Å². The fraction of sp³-hybridized carbons (Fsp3) is 0.556. The predicted molar refractivity (Wildman–Crippen MR) is 97.4 cm³/mol. The lowest BCUT2D eigenvalue weighted by molar-refractivity contribution is -0.142. The molecule has 1 aromatic rings. The van der Waals surface area contributed by atoms with Gasteiger partial charge in [0.15, 0.2) is 0 Å². The number of nitrogens with one attached hydrogen (secondary N) is 1. The molecule has 0 unspecified atom stereocenters. The van der Waals surface area contributed by atoms with Crippen LogP contribution in [0.2, 0.25) is 0 Å². The molecule has 1 aliphatic heterocycles. The summed E-state index contributed by atoms with van der Waals surface area (Å²) in [5.41, 5.74) is 0.708. The molecule has 26 heavy (non-hydrogen) atoms. The van der Waals surface area contributed by atoms with Crippen molar-refractivity contribution in [1.29, 1.82) is 0 Å². The molecule has 1 aromatic carbocycles. The first-order valence-electron chi connectivity index (χ1n) is 8.93. The van der Waals surface area contributed by atoms with E-state index < -0.39 is 21.9 Å². The molecule has 8 heteroatoms. The summed E-state index contributed by atoms with van der Waals surface area (Å²) in [6.07, 6.45) is 2.57. The van der Waals surface area contributed by atoms with Gasteiger partial charge in [-0.05, 0) is 49.3 Å². The van der Waals surface area contributed by atoms with Crippen LogP contribution in [0, 0.1) is 17.8 Å². The summed E-state index contributed by atoms with van der Waals surface area (Å²) < 4.78 is 26.3. The van der Waals surface area contributed by atoms with Crippen molar-refractivity contribution in [2.45, 2.75) is 26.2 Å². The molecule has 1 heterocycles. The highest BCUT2D eigenvalue weighted by atomic mass is 32.2. The second-order valence-corrected chi connectivity index (χ2v) is 9.00. The summed E-state index contributed by atoms with van der Waals surface area (Å²) in [6, 6.07) is 6.36. The fourth-order valence-corrected chi connectivity index (χ4v) is 4.78. The van der Waals surface area contributed by atoms with Crippen LogP contribution in [0.25, 0.3) is 0 Å². The predicted octanol–water partition coefficient (Wildman–Crippen LogP) is 2.02. The standard InChI is InChI=1S/C18H24N2O5S/c1-2-8-26(24,25)19-14-5-3-4-13(9-14)17(21)20-10-15(12-6-7-12)16(11-20)18(22)23/h3-5,9,12,15-16,19H,2,6-8,10-11H2,1H3,(H,22,23)/t15-,16+/m1/s1. The van der Waals surface area contributed by atoms with Crippen molar-refractivity contribution in [1.82, 2.24) is 4.90 Å². The summed E-state index contributed by atoms with van der Waals surface area (Å²) in [7, 11) is -3.43. The minimum Gasteiger partial charge on any atom is -0.481 e. The number of carboxylic acids is 1. The van der Waals surface area contributed by atoms with E-state index in [0.29, 0.717) is 30.1 Å². The number of likely N-dealkylation sites (tertiary alicyclic amines) is 1. The Morgan fingerprint density at radius 2 is 2.00 bits per heavy atom. The molecule has 2 aliphatic rings. The van der Waals surface area contributed by atoms with E-state index in [4.69, 9.17) is 0 Å². The smallest absolute Gasteiger partial charge is 0.308 e. The molecule has 1 saturated carbocycles. The van der Waals surface area contributed by atoms with Gasteiger partial charge < -0.3 is 10.0 Å². The Kier molecular flexibility index (Phi) is 5.22. The Hall–Kier alpha value is -2.09. The maximum atomic E-state index is 12.8. The number of carbonyl (C=O) groups is 2. The van der Waals surface area contributed by atoms with E-state index in [9.17, 15) is 23.1 Å². The highest BCUT2D eigenvalue weighted by Crippen LogP contribution is 2.44. The third-order valence-corrected chi connectivity index (χ3v) is 6.55. The number of nitrogens with zero attached hydrogens (tertiary/aromatic N) is 1. The van der Waals surface area contributed by atoms with Gasteiger partial charge in [0.2, 0.25) is 10.0 Å². The topological polar surface area (TPSA) is 104 Å². The Morgan fingerprint density at radius 1 is 1.27 bits per heavy atom. The molecule has 7 nitrogen and oxygen atoms in total. The summed E-state index contributed by atoms with van der Waals surface area (Å²) in [6.45, 7) is 2.44. The number of carboxylic acid groups (broad SMARTS) is 1. The van der Waals surface area contributed by atoms with E-state index in [1.54, 1.807) is 30.0 Å². The van der Waals surface area contributed by atoms with Gasteiger partial charge >= 0.3 is 5.97 Å². The Balaban J connectivity index is 1.74. The summed E-state index contributed by atoms with van der Waals surface area (Å²) in [5.74, 6) is -1.18. The van der Waals surface area contributed by atoms with Crippen molar-refractivity contribution in [3.05, 3.63) is 29.8 Å². The van der Waals surface area contributed by atoms with E-state index >= 15 is 0 Å². The van der Waals surface area contributed by atoms with Crippen molar-refractivity contribution in [2.75, 3.05) is 23.6 Å². The van der Waals surface area contributed by atoms with Gasteiger partial charge in [0.25, 0.3) is 5.91 Å². The van der Waals surface area contributed by atoms with Crippen LogP contribution in [0.15, 0.2) is 24.3 Å². The molecule has 1 aliphatic carbocycles. The number of anilines is 1. The monoisotopic (exact) mass is 380 g/mol. The zero-order chi connectivity index (χ0) is 18.9. The third-order valence-electron chi connectivity index (χ3n) is 5.05. The summed E-state index contributed by atoms with van der Waals surface area (Å²) >= 11 is 0. The van der Waals surface area contributed by atoms with Crippen molar-refractivity contribution < 1.29 is 23.1 Å². The Morgan fingerprint density at radius 3 is 2.62 bits per heavy atom. The second-order valence-electron chi connectivity index (χ2n) is 7.16. The van der Waals surface area contributed by atoms with E-state index in [1.807, 2.05) is 0 Å². The average Bonchev–Trinajstić information content (AvgIpc) is 3.32. The van der Waals surface area contributed by atoms with Crippen LogP contribution in [0.3, 0.4) is 0 Å². The van der Waals surface area contributed by atoms with Crippen molar-refractivity contribution >= 4 is 27.6 Å². The first-order chi connectivity index (χ1) is 12.3. The number of amides is 1. The van der Waals surface area contributed by atoms with Crippen LogP contribution in [-0.2, 0) is 14.8 Å². The number of carbonyl (C=O) groups excluding carboxylic acids is 1. The number of rotatable bonds is 7. The molecule has 2 atom stereocenters. The maximum Gasteiger partial charge on any atom is 0.308 e. The molecular formula is C18H24N2O5S. The van der Waals surface area contributed by atoms with Gasteiger partial charge in [-0.1, -0.05) is 13.0 Å². The van der Waals surface area contributed by atoms with Gasteiger partial charge in [-0.15, -0.1) is 0 Å². The zero-order valence-corrected chi connectivity index (χ0v) is 15.5. The van der Waals surface area contributed by atoms with Crippen molar-refractivity contribution in [3.63, 3.8) is 0 Å². The SMILES string of the molecule is CCCS(=O)(=O)Nc1cccc(C(=O)N2C[C@H](C(=O)O)[C@@H](C3CC3)C2)c1. The molecule has 0 spiro atoms. The lowest BCUT2D eigenvalue weighted by atomic mass is 9.92. The Labute approximate surface area is 153 Å². The molecule has 1 saturated heterocycles. The molecule has 0 aromatic heterocycles. The molecular weight excluding hydrogens is 356 g/mol. The van der Waals surface area contributed by atoms with Gasteiger partial charge in [-0.2, -0.15) is 0 Å². The van der Waals surface area contributed by atoms with Gasteiger partial charge in [0.1, 0.15) is 0 Å². The number of aliphatic carboxylic acids is 1. The molecule has 0 bridgehead atoms. The minimum atomic E-state index is -3.43. The third kappa shape index (κ3) is 4.17. The summed E-state index contributed by atoms with van der Waals surface area (Å²) in [5, 5.41) is 9.44. The molecule has 2 N–H and O–H groups in total. The Bertz CT molecular complexity index is 804. The van der Waals surface area contributed by atoms with Crippen molar-refractivity contribution in [3.8, 4) is 0 Å². The minimum absolute atomic E-state index is 0.0145. The van der Waals surface area contributed by atoms with Crippen LogP contribution >= 0.6 is 0 Å². The lowest BCUT2D eigenvalue weighted by Gasteiger charge is -2.17. The lowest BCUT2D eigenvalue weighted by Crippen LogP contribution is -2.30. The largest absolute Gasteiger partial charge is 0.481 e. The second kappa shape index (κ2) is 7.26. The number of hydrogen-bond acceptors (Lipinski definition) is 4. The summed E-state index contributed by atoms with van der Waals surface area (Å²) in [4.78, 5) is 25.9. The number of sulfonamides is 1. The molecule has 3 rings (SSSR count). The molecule has 2 fully saturated rings. The first-order valence-corrected chi connectivity index (χ1v) is 10.6. The van der Waals surface area contributed by atoms with Crippen LogP contribution in [0.1, 0.15) is 36.5 Å². The highest BCUT2D eigenvalue weighted by Gasteiger charge is 2.46. The molecule has 1 amide bonds. The van der Waals surface area contributed by atoms with Crippen molar-refractivity contribution in [2.24, 2.45) is 17.8 Å². The molecule has 142 valence electrons. The van der Waals surface area contributed by atoms with Crippen LogP contribution in [0.4, 0.5) is 5.69 Å². The van der Waals surface area contributed by atoms with Gasteiger partial charge in [-0.3, -0.25) is 14.3 Å². The molecule has 0 radical (unpaired) electrons. The quantitative estimate of drug-likeness (QED) is 0.753. The van der Waals surface area contributed by atoms with Crippen LogP contribution < -0.4 is 4.72 Å². The van der Waals surface area contributed by atoms with E-state index in [2.05, 4.69) is 4.72 Å². The van der Waals surface area contributed by atoms with Crippen LogP contribution in [0.5, 0.6) is 0 Å². The van der Waals surface area contributed by atoms with E-state index in [1.165, 1.54) is 6.07 Å². The number of benzene rings is 1. The number of hydrogen-bond donors (Lipinski definition) is 2. The van der Waals surface area contributed by atoms with Gasteiger partial charge in [0.05, 0.1) is 11.7 Å². The van der Waals surface area contributed by atoms with Gasteiger partial charge in [-0.25, -0.2) is 8.42 Å². The zero-order valence-electron chi connectivity index (χ0n) is 14.7. The normalized spacial score (nSPS) is 23.0. The fourth-order valence-electron chi connectivity index (χ4n) is 3.66. The average molecular weight is 380 g/mol. The first kappa shape index (κ1) is 18.7. The van der Waals surface area contributed by atoms with E-state index in [0.717, 1.165) is 12.8 Å². The van der Waals surface area contributed by atoms with E-state index in [-0.39, 0.29) is 24.1 Å². The maximum absolute atomic E-state index is 12.8. The highest BCUT2D eigenvalue weighted by molar-refractivity contribution is 7.92. The van der Waals surface area contributed by atoms with Gasteiger partial charge in [0, 0.05) is 24.3 Å².